The van der Waals surface area contributed by atoms with Crippen molar-refractivity contribution in [3.8, 4) is 0 Å². The Bertz CT molecular complexity index is 574. The van der Waals surface area contributed by atoms with Crippen LogP contribution >= 0.6 is 0 Å². The molecule has 3 unspecified atom stereocenters. The summed E-state index contributed by atoms with van der Waals surface area (Å²) in [5.74, 6) is 1.71. The fourth-order valence-electron chi connectivity index (χ4n) is 4.63. The average Bonchev–Trinajstić information content (AvgIpc) is 3.35. The Kier molecular flexibility index (Phi) is 5.06. The molecule has 1 aromatic rings. The van der Waals surface area contributed by atoms with Crippen LogP contribution in [0.25, 0.3) is 0 Å². The highest BCUT2D eigenvalue weighted by atomic mass is 16.5. The third-order valence-corrected chi connectivity index (χ3v) is 6.14. The number of hydrogen-bond acceptors (Lipinski definition) is 4. The van der Waals surface area contributed by atoms with Crippen LogP contribution in [-0.2, 0) is 9.53 Å². The number of ether oxygens (including phenoxy) is 1. The highest BCUT2D eigenvalue weighted by molar-refractivity contribution is 5.79. The molecule has 1 aromatic carbocycles. The summed E-state index contributed by atoms with van der Waals surface area (Å²) in [4.78, 5) is 17.2. The molecule has 0 spiro atoms. The minimum absolute atomic E-state index is 0.110. The standard InChI is InChI=1S/C20H29N3O2/c21-19(15-4-2-1-3-5-15)6-8-22-10-17-12-23(13-18(17)11-22)20(24)16-7-9-25-14-16/h1-5,16-19H,6-14,21H2/t16?,17?,18?,19-/m0/s1. The summed E-state index contributed by atoms with van der Waals surface area (Å²) < 4.78 is 5.37. The Morgan fingerprint density at radius 1 is 1.16 bits per heavy atom. The van der Waals surface area contributed by atoms with E-state index in [1.165, 1.54) is 5.56 Å². The number of fused-ring (bicyclic) bond motifs is 1. The second kappa shape index (κ2) is 7.44. The van der Waals surface area contributed by atoms with Crippen molar-refractivity contribution in [3.05, 3.63) is 35.9 Å². The fourth-order valence-corrected chi connectivity index (χ4v) is 4.63. The molecule has 3 fully saturated rings. The smallest absolute Gasteiger partial charge is 0.228 e. The van der Waals surface area contributed by atoms with E-state index < -0.39 is 0 Å². The predicted molar refractivity (Wildman–Crippen MR) is 96.9 cm³/mol. The van der Waals surface area contributed by atoms with E-state index in [4.69, 9.17) is 10.5 Å². The lowest BCUT2D eigenvalue weighted by Crippen LogP contribution is -2.37. The normalized spacial score (nSPS) is 30.6. The van der Waals surface area contributed by atoms with Gasteiger partial charge in [0, 0.05) is 38.8 Å². The molecule has 5 nitrogen and oxygen atoms in total. The van der Waals surface area contributed by atoms with Gasteiger partial charge in [-0.05, 0) is 36.8 Å². The molecule has 4 rings (SSSR count). The lowest BCUT2D eigenvalue weighted by Gasteiger charge is -2.24. The van der Waals surface area contributed by atoms with Crippen LogP contribution < -0.4 is 5.73 Å². The molecule has 0 bridgehead atoms. The summed E-state index contributed by atoms with van der Waals surface area (Å²) >= 11 is 0. The third kappa shape index (κ3) is 3.73. The molecule has 3 aliphatic rings. The first kappa shape index (κ1) is 17.0. The minimum atomic E-state index is 0.110. The molecule has 0 radical (unpaired) electrons. The average molecular weight is 343 g/mol. The zero-order valence-corrected chi connectivity index (χ0v) is 14.8. The number of nitrogens with zero attached hydrogens (tertiary/aromatic N) is 2. The number of hydrogen-bond donors (Lipinski definition) is 1. The molecule has 3 heterocycles. The van der Waals surface area contributed by atoms with E-state index >= 15 is 0 Å². The van der Waals surface area contributed by atoms with E-state index in [2.05, 4.69) is 34.1 Å². The Morgan fingerprint density at radius 2 is 1.88 bits per heavy atom. The van der Waals surface area contributed by atoms with Crippen LogP contribution in [0.4, 0.5) is 0 Å². The summed E-state index contributed by atoms with van der Waals surface area (Å²) in [5.41, 5.74) is 7.55. The Labute approximate surface area is 150 Å². The minimum Gasteiger partial charge on any atom is -0.381 e. The molecule has 3 saturated heterocycles. The van der Waals surface area contributed by atoms with Gasteiger partial charge < -0.3 is 20.3 Å². The molecular weight excluding hydrogens is 314 g/mol. The highest BCUT2D eigenvalue weighted by Gasteiger charge is 2.42. The van der Waals surface area contributed by atoms with Crippen molar-refractivity contribution < 1.29 is 9.53 Å². The summed E-state index contributed by atoms with van der Waals surface area (Å²) in [6.45, 7) is 6.49. The Hall–Kier alpha value is -1.43. The fraction of sp³-hybridized carbons (Fsp3) is 0.650. The van der Waals surface area contributed by atoms with Gasteiger partial charge in [-0.3, -0.25) is 4.79 Å². The van der Waals surface area contributed by atoms with Gasteiger partial charge >= 0.3 is 0 Å². The van der Waals surface area contributed by atoms with E-state index in [9.17, 15) is 4.79 Å². The van der Waals surface area contributed by atoms with E-state index in [0.29, 0.717) is 24.3 Å². The first-order chi connectivity index (χ1) is 12.2. The van der Waals surface area contributed by atoms with E-state index in [1.54, 1.807) is 0 Å². The van der Waals surface area contributed by atoms with E-state index in [1.807, 2.05) is 6.07 Å². The SMILES string of the molecule is N[C@@H](CCN1CC2CN(C(=O)C3CCOC3)CC2C1)c1ccccc1. The van der Waals surface area contributed by atoms with Crippen LogP contribution in [0.3, 0.4) is 0 Å². The molecule has 3 aliphatic heterocycles. The van der Waals surface area contributed by atoms with Crippen LogP contribution in [0.1, 0.15) is 24.4 Å². The van der Waals surface area contributed by atoms with Gasteiger partial charge in [-0.2, -0.15) is 0 Å². The number of amides is 1. The number of benzene rings is 1. The van der Waals surface area contributed by atoms with E-state index in [-0.39, 0.29) is 12.0 Å². The van der Waals surface area contributed by atoms with Crippen LogP contribution in [0, 0.1) is 17.8 Å². The first-order valence-electron chi connectivity index (χ1n) is 9.60. The molecular formula is C20H29N3O2. The molecule has 0 aliphatic carbocycles. The maximum atomic E-state index is 12.5. The van der Waals surface area contributed by atoms with Gasteiger partial charge in [0.25, 0.3) is 0 Å². The molecule has 0 aromatic heterocycles. The van der Waals surface area contributed by atoms with Crippen LogP contribution in [-0.4, -0.2) is 61.6 Å². The molecule has 25 heavy (non-hydrogen) atoms. The molecule has 4 atom stereocenters. The van der Waals surface area contributed by atoms with Gasteiger partial charge in [-0.1, -0.05) is 30.3 Å². The molecule has 1 amide bonds. The monoisotopic (exact) mass is 343 g/mol. The number of rotatable bonds is 5. The quantitative estimate of drug-likeness (QED) is 0.880. The lowest BCUT2D eigenvalue weighted by molar-refractivity contribution is -0.134. The first-order valence-corrected chi connectivity index (χ1v) is 9.60. The van der Waals surface area contributed by atoms with Crippen molar-refractivity contribution in [3.63, 3.8) is 0 Å². The van der Waals surface area contributed by atoms with Crippen molar-refractivity contribution in [1.29, 1.82) is 0 Å². The van der Waals surface area contributed by atoms with Gasteiger partial charge in [-0.15, -0.1) is 0 Å². The van der Waals surface area contributed by atoms with Gasteiger partial charge in [0.05, 0.1) is 12.5 Å². The highest BCUT2D eigenvalue weighted by Crippen LogP contribution is 2.33. The maximum absolute atomic E-state index is 12.5. The second-order valence-electron chi connectivity index (χ2n) is 7.89. The summed E-state index contributed by atoms with van der Waals surface area (Å²) in [6.07, 6.45) is 1.89. The third-order valence-electron chi connectivity index (χ3n) is 6.14. The van der Waals surface area contributed by atoms with Crippen molar-refractivity contribution in [1.82, 2.24) is 9.80 Å². The second-order valence-corrected chi connectivity index (χ2v) is 7.89. The number of nitrogens with two attached hydrogens (primary N) is 1. The van der Waals surface area contributed by atoms with Gasteiger partial charge in [0.15, 0.2) is 0 Å². The van der Waals surface area contributed by atoms with Crippen molar-refractivity contribution in [2.24, 2.45) is 23.5 Å². The Morgan fingerprint density at radius 3 is 2.52 bits per heavy atom. The lowest BCUT2D eigenvalue weighted by atomic mass is 10.0. The number of carbonyl (C=O) groups excluding carboxylic acids is 1. The van der Waals surface area contributed by atoms with Gasteiger partial charge in [0.1, 0.15) is 0 Å². The van der Waals surface area contributed by atoms with Crippen molar-refractivity contribution in [2.45, 2.75) is 18.9 Å². The van der Waals surface area contributed by atoms with Crippen molar-refractivity contribution in [2.75, 3.05) is 45.9 Å². The molecule has 5 heteroatoms. The van der Waals surface area contributed by atoms with Crippen LogP contribution in [0.5, 0.6) is 0 Å². The molecule has 2 N–H and O–H groups in total. The largest absolute Gasteiger partial charge is 0.381 e. The summed E-state index contributed by atoms with van der Waals surface area (Å²) in [7, 11) is 0. The topological polar surface area (TPSA) is 58.8 Å². The van der Waals surface area contributed by atoms with Crippen LogP contribution in [0.15, 0.2) is 30.3 Å². The number of likely N-dealkylation sites (tertiary alicyclic amines) is 2. The summed E-state index contributed by atoms with van der Waals surface area (Å²) in [6, 6.07) is 10.5. The van der Waals surface area contributed by atoms with Crippen molar-refractivity contribution >= 4 is 5.91 Å². The summed E-state index contributed by atoms with van der Waals surface area (Å²) in [5, 5.41) is 0. The van der Waals surface area contributed by atoms with Gasteiger partial charge in [-0.25, -0.2) is 0 Å². The van der Waals surface area contributed by atoms with Gasteiger partial charge in [0.2, 0.25) is 5.91 Å². The predicted octanol–water partition coefficient (Wildman–Crippen LogP) is 1.50. The molecule has 136 valence electrons. The maximum Gasteiger partial charge on any atom is 0.228 e. The Balaban J connectivity index is 1.23. The van der Waals surface area contributed by atoms with E-state index in [0.717, 1.165) is 52.2 Å². The number of carbonyl (C=O) groups is 1. The zero-order chi connectivity index (χ0) is 17.2. The van der Waals surface area contributed by atoms with Crippen LogP contribution in [0.2, 0.25) is 0 Å². The molecule has 0 saturated carbocycles. The zero-order valence-electron chi connectivity index (χ0n) is 14.8.